The number of amides is 1. The van der Waals surface area contributed by atoms with Gasteiger partial charge in [0.1, 0.15) is 0 Å². The fraction of sp³-hybridized carbons (Fsp3) is 0.500. The normalized spacial score (nSPS) is 23.7. The first kappa shape index (κ1) is 13.7. The summed E-state index contributed by atoms with van der Waals surface area (Å²) in [6.07, 6.45) is 4.68. The average Bonchev–Trinajstić information content (AvgIpc) is 2.32. The van der Waals surface area contributed by atoms with E-state index < -0.39 is 0 Å². The highest BCUT2D eigenvalue weighted by Gasteiger charge is 2.23. The maximum absolute atomic E-state index is 12.2. The Kier molecular flexibility index (Phi) is 4.52. The molecule has 1 aliphatic carbocycles. The Morgan fingerprint density at radius 3 is 2.67 bits per heavy atom. The average molecular weight is 286 g/mol. The van der Waals surface area contributed by atoms with Crippen LogP contribution in [-0.2, 0) is 0 Å². The summed E-state index contributed by atoms with van der Waals surface area (Å²) in [7, 11) is 0. The van der Waals surface area contributed by atoms with Crippen molar-refractivity contribution in [2.24, 2.45) is 5.92 Å². The Hall–Kier alpha value is -0.730. The minimum atomic E-state index is -0.101. The molecule has 18 heavy (non-hydrogen) atoms. The highest BCUT2D eigenvalue weighted by Crippen LogP contribution is 2.25. The molecule has 2 nitrogen and oxygen atoms in total. The van der Waals surface area contributed by atoms with Crippen LogP contribution in [-0.4, -0.2) is 11.9 Å². The second-order valence-electron chi connectivity index (χ2n) is 4.97. The molecule has 0 saturated heterocycles. The molecule has 0 heterocycles. The number of nitrogens with one attached hydrogen (secondary N) is 1. The van der Waals surface area contributed by atoms with Gasteiger partial charge in [0.2, 0.25) is 0 Å². The lowest BCUT2D eigenvalue weighted by Crippen LogP contribution is -2.41. The van der Waals surface area contributed by atoms with Gasteiger partial charge in [-0.2, -0.15) is 0 Å². The molecule has 0 unspecified atom stereocenters. The number of benzene rings is 1. The van der Waals surface area contributed by atoms with Crippen molar-refractivity contribution in [1.82, 2.24) is 5.32 Å². The quantitative estimate of drug-likeness (QED) is 0.862. The van der Waals surface area contributed by atoms with Crippen molar-refractivity contribution >= 4 is 29.1 Å². The Morgan fingerprint density at radius 1 is 1.28 bits per heavy atom. The molecule has 1 aromatic carbocycles. The monoisotopic (exact) mass is 285 g/mol. The summed E-state index contributed by atoms with van der Waals surface area (Å²) in [5.41, 5.74) is 0.499. The van der Waals surface area contributed by atoms with E-state index in [1.807, 2.05) is 0 Å². The van der Waals surface area contributed by atoms with Crippen molar-refractivity contribution < 1.29 is 4.79 Å². The topological polar surface area (TPSA) is 29.1 Å². The Bertz CT molecular complexity index is 447. The number of rotatable bonds is 2. The van der Waals surface area contributed by atoms with Crippen LogP contribution in [0.3, 0.4) is 0 Å². The van der Waals surface area contributed by atoms with Gasteiger partial charge in [0, 0.05) is 11.1 Å². The number of hydrogen-bond acceptors (Lipinski definition) is 1. The predicted octanol–water partition coefficient (Wildman–Crippen LogP) is 4.30. The third kappa shape index (κ3) is 3.18. The summed E-state index contributed by atoms with van der Waals surface area (Å²) < 4.78 is 0. The zero-order chi connectivity index (χ0) is 13.1. The van der Waals surface area contributed by atoms with E-state index in [9.17, 15) is 4.79 Å². The Balaban J connectivity index is 2.07. The summed E-state index contributed by atoms with van der Waals surface area (Å²) in [6, 6.07) is 5.22. The van der Waals surface area contributed by atoms with E-state index in [1.54, 1.807) is 18.2 Å². The summed E-state index contributed by atoms with van der Waals surface area (Å²) in [5.74, 6) is 0.434. The van der Waals surface area contributed by atoms with Crippen molar-refractivity contribution in [3.05, 3.63) is 33.8 Å². The number of carbonyl (C=O) groups excluding carboxylic acids is 1. The van der Waals surface area contributed by atoms with Gasteiger partial charge < -0.3 is 5.32 Å². The lowest BCUT2D eigenvalue weighted by atomic mass is 9.86. The van der Waals surface area contributed by atoms with E-state index >= 15 is 0 Å². The van der Waals surface area contributed by atoms with E-state index in [2.05, 4.69) is 12.2 Å². The van der Waals surface area contributed by atoms with Gasteiger partial charge >= 0.3 is 0 Å². The lowest BCUT2D eigenvalue weighted by molar-refractivity contribution is 0.0910. The van der Waals surface area contributed by atoms with Gasteiger partial charge in [-0.3, -0.25) is 4.79 Å². The van der Waals surface area contributed by atoms with Crippen molar-refractivity contribution in [1.29, 1.82) is 0 Å². The molecule has 0 bridgehead atoms. The van der Waals surface area contributed by atoms with Gasteiger partial charge in [0.05, 0.1) is 10.6 Å². The van der Waals surface area contributed by atoms with E-state index in [4.69, 9.17) is 23.2 Å². The lowest BCUT2D eigenvalue weighted by Gasteiger charge is -2.29. The van der Waals surface area contributed by atoms with Crippen LogP contribution >= 0.6 is 23.2 Å². The van der Waals surface area contributed by atoms with Crippen LogP contribution in [0.1, 0.15) is 43.0 Å². The molecule has 98 valence electrons. The van der Waals surface area contributed by atoms with Crippen LogP contribution in [0, 0.1) is 5.92 Å². The molecule has 0 radical (unpaired) electrons. The highest BCUT2D eigenvalue weighted by molar-refractivity contribution is 6.36. The first-order valence-electron chi connectivity index (χ1n) is 6.34. The molecular formula is C14H17Cl2NO. The molecule has 0 aliphatic heterocycles. The molecule has 2 atom stereocenters. The number of carbonyl (C=O) groups is 1. The first-order valence-corrected chi connectivity index (χ1v) is 7.09. The fourth-order valence-electron chi connectivity index (χ4n) is 2.45. The van der Waals surface area contributed by atoms with Crippen LogP contribution in [0.4, 0.5) is 0 Å². The summed E-state index contributed by atoms with van der Waals surface area (Å²) >= 11 is 11.9. The fourth-order valence-corrected chi connectivity index (χ4v) is 2.94. The van der Waals surface area contributed by atoms with E-state index in [0.29, 0.717) is 21.5 Å². The van der Waals surface area contributed by atoms with Gasteiger partial charge in [-0.15, -0.1) is 0 Å². The van der Waals surface area contributed by atoms with Crippen LogP contribution < -0.4 is 5.32 Å². The van der Waals surface area contributed by atoms with Gasteiger partial charge in [-0.25, -0.2) is 0 Å². The minimum Gasteiger partial charge on any atom is -0.349 e. The first-order chi connectivity index (χ1) is 8.58. The SMILES string of the molecule is C[C@@H]1CCCC[C@H]1NC(=O)c1ccc(Cl)cc1Cl. The maximum atomic E-state index is 12.2. The molecule has 1 saturated carbocycles. The van der Waals surface area contributed by atoms with Crippen molar-refractivity contribution in [2.75, 3.05) is 0 Å². The highest BCUT2D eigenvalue weighted by atomic mass is 35.5. The summed E-state index contributed by atoms with van der Waals surface area (Å²) in [6.45, 7) is 2.19. The molecule has 1 aromatic rings. The van der Waals surface area contributed by atoms with Crippen molar-refractivity contribution in [3.8, 4) is 0 Å². The molecule has 1 N–H and O–H groups in total. The molecule has 1 amide bonds. The molecule has 2 rings (SSSR count). The van der Waals surface area contributed by atoms with E-state index in [-0.39, 0.29) is 11.9 Å². The van der Waals surface area contributed by atoms with E-state index in [1.165, 1.54) is 19.3 Å². The van der Waals surface area contributed by atoms with Crippen LogP contribution in [0.2, 0.25) is 10.0 Å². The van der Waals surface area contributed by atoms with Gasteiger partial charge in [-0.05, 0) is 37.0 Å². The smallest absolute Gasteiger partial charge is 0.253 e. The summed E-state index contributed by atoms with van der Waals surface area (Å²) in [4.78, 5) is 12.2. The molecule has 1 fully saturated rings. The van der Waals surface area contributed by atoms with E-state index in [0.717, 1.165) is 6.42 Å². The molecule has 0 spiro atoms. The second kappa shape index (κ2) is 5.94. The zero-order valence-corrected chi connectivity index (χ0v) is 11.9. The third-order valence-corrected chi connectivity index (χ3v) is 4.15. The molecule has 0 aromatic heterocycles. The maximum Gasteiger partial charge on any atom is 0.253 e. The summed E-state index contributed by atoms with van der Waals surface area (Å²) in [5, 5.41) is 4.03. The van der Waals surface area contributed by atoms with Crippen LogP contribution in [0.15, 0.2) is 18.2 Å². The molecule has 4 heteroatoms. The Labute approximate surface area is 118 Å². The predicted molar refractivity (Wildman–Crippen MR) is 75.3 cm³/mol. The Morgan fingerprint density at radius 2 is 2.00 bits per heavy atom. The van der Waals surface area contributed by atoms with Crippen LogP contribution in [0.25, 0.3) is 0 Å². The number of hydrogen-bond donors (Lipinski definition) is 1. The largest absolute Gasteiger partial charge is 0.349 e. The van der Waals surface area contributed by atoms with Gasteiger partial charge in [0.25, 0.3) is 5.91 Å². The molecular weight excluding hydrogens is 269 g/mol. The van der Waals surface area contributed by atoms with Gasteiger partial charge in [0.15, 0.2) is 0 Å². The standard InChI is InChI=1S/C14H17Cl2NO/c1-9-4-2-3-5-13(9)17-14(18)11-7-6-10(15)8-12(11)16/h6-9,13H,2-5H2,1H3,(H,17,18)/t9-,13-/m1/s1. The van der Waals surface area contributed by atoms with Gasteiger partial charge in [-0.1, -0.05) is 43.0 Å². The van der Waals surface area contributed by atoms with Crippen molar-refractivity contribution in [2.45, 2.75) is 38.6 Å². The second-order valence-corrected chi connectivity index (χ2v) is 5.81. The third-order valence-electron chi connectivity index (χ3n) is 3.60. The minimum absolute atomic E-state index is 0.101. The molecule has 1 aliphatic rings. The number of halogens is 2. The zero-order valence-electron chi connectivity index (χ0n) is 10.4. The van der Waals surface area contributed by atoms with Crippen molar-refractivity contribution in [3.63, 3.8) is 0 Å². The van der Waals surface area contributed by atoms with Crippen LogP contribution in [0.5, 0.6) is 0 Å².